The number of benzene rings is 1. The zero-order chi connectivity index (χ0) is 45.8. The van der Waals surface area contributed by atoms with Gasteiger partial charge in [0, 0.05) is 80.2 Å². The largest absolute Gasteiger partial charge is 0.489 e. The molecular weight excluding hydrogens is 861 g/mol. The topological polar surface area (TPSA) is 166 Å². The Labute approximate surface area is 390 Å². The highest BCUT2D eigenvalue weighted by molar-refractivity contribution is 7.17. The van der Waals surface area contributed by atoms with Gasteiger partial charge >= 0.3 is 0 Å². The summed E-state index contributed by atoms with van der Waals surface area (Å²) >= 11 is 1.66. The molecule has 0 bridgehead atoms. The lowest BCUT2D eigenvalue weighted by atomic mass is 9.83. The third-order valence-electron chi connectivity index (χ3n) is 13.0. The zero-order valence-electron chi connectivity index (χ0n) is 38.1. The molecule has 2 aliphatic heterocycles. The molecule has 0 radical (unpaired) electrons. The second kappa shape index (κ2) is 22.8. The standard InChI is InChI=1S/C49H62N8O8S/c1-4-40(50-3)47(58)52-45(35-8-6-5-7-9-35)49(60)56-21-19-55(20-22-56)48(59)36-10-11-42-37(31-36)30-34(2)57(42)23-24-61-25-26-62-27-28-63-44-32-39(65-53-44)33-54-17-13-38(14-18-54)64-43-12-16-51-41-15-29-66-46(41)43/h1,10-12,15-16,29-32,35,38,40,45,50H,5-9,13-14,17-28,33H2,2-3H3,(H,52,58)/t40-,45-/m0/s1. The van der Waals surface area contributed by atoms with Gasteiger partial charge < -0.3 is 43.2 Å². The molecule has 1 aromatic carbocycles. The van der Waals surface area contributed by atoms with Crippen molar-refractivity contribution in [2.24, 2.45) is 5.92 Å². The van der Waals surface area contributed by atoms with E-state index in [0.29, 0.717) is 83.7 Å². The summed E-state index contributed by atoms with van der Waals surface area (Å²) < 4.78 is 32.6. The van der Waals surface area contributed by atoms with E-state index in [-0.39, 0.29) is 29.7 Å². The van der Waals surface area contributed by atoms with Crippen molar-refractivity contribution in [1.82, 2.24) is 40.0 Å². The van der Waals surface area contributed by atoms with Crippen molar-refractivity contribution in [3.05, 3.63) is 71.1 Å². The number of hydrogen-bond acceptors (Lipinski definition) is 13. The first-order valence-electron chi connectivity index (χ1n) is 23.3. The molecule has 0 spiro atoms. The number of carbonyl (C=O) groups is 3. The minimum atomic E-state index is -0.805. The van der Waals surface area contributed by atoms with Crippen molar-refractivity contribution in [3.8, 4) is 24.0 Å². The number of terminal acetylenes is 1. The minimum absolute atomic E-state index is 0.0623. The summed E-state index contributed by atoms with van der Waals surface area (Å²) in [6.45, 7) is 8.99. The van der Waals surface area contributed by atoms with Crippen LogP contribution in [0, 0.1) is 25.2 Å². The number of ether oxygens (including phenoxy) is 4. The second-order valence-corrected chi connectivity index (χ2v) is 18.3. The number of piperazine rings is 1. The summed E-state index contributed by atoms with van der Waals surface area (Å²) in [7, 11) is 1.63. The number of piperidine rings is 1. The summed E-state index contributed by atoms with van der Waals surface area (Å²) in [5, 5.41) is 12.9. The molecule has 2 saturated heterocycles. The van der Waals surface area contributed by atoms with Gasteiger partial charge in [0.05, 0.1) is 43.2 Å². The Hall–Kier alpha value is -5.51. The molecule has 1 saturated carbocycles. The van der Waals surface area contributed by atoms with E-state index in [2.05, 4.69) is 49.2 Å². The quantitative estimate of drug-likeness (QED) is 0.0769. The van der Waals surface area contributed by atoms with Crippen molar-refractivity contribution in [3.63, 3.8) is 0 Å². The van der Waals surface area contributed by atoms with Crippen LogP contribution in [0.15, 0.2) is 58.6 Å². The molecule has 16 nitrogen and oxygen atoms in total. The van der Waals surface area contributed by atoms with Gasteiger partial charge in [0.2, 0.25) is 11.8 Å². The van der Waals surface area contributed by atoms with Crippen molar-refractivity contribution >= 4 is 50.2 Å². The highest BCUT2D eigenvalue weighted by Gasteiger charge is 2.36. The molecule has 2 atom stereocenters. The number of hydrogen-bond donors (Lipinski definition) is 2. The molecule has 352 valence electrons. The number of rotatable bonds is 20. The van der Waals surface area contributed by atoms with Crippen LogP contribution < -0.4 is 20.1 Å². The molecule has 66 heavy (non-hydrogen) atoms. The molecule has 1 aliphatic carbocycles. The molecule has 3 aliphatic rings. The second-order valence-electron chi connectivity index (χ2n) is 17.3. The lowest BCUT2D eigenvalue weighted by Gasteiger charge is -2.39. The van der Waals surface area contributed by atoms with E-state index < -0.39 is 12.1 Å². The average molecular weight is 923 g/mol. The van der Waals surface area contributed by atoms with Gasteiger partial charge in [-0.15, -0.1) is 17.8 Å². The maximum Gasteiger partial charge on any atom is 0.254 e. The molecule has 3 fully saturated rings. The third-order valence-corrected chi connectivity index (χ3v) is 13.9. The summed E-state index contributed by atoms with van der Waals surface area (Å²) in [5.41, 5.74) is 3.70. The fourth-order valence-corrected chi connectivity index (χ4v) is 10.2. The summed E-state index contributed by atoms with van der Waals surface area (Å²) in [4.78, 5) is 50.9. The SMILES string of the molecule is C#C[C@H](NC)C(=O)N[C@H](C(=O)N1CCN(C(=O)c2ccc3c(c2)cc(C)n3CCOCCOCCOc2cc(CN3CCC(Oc4ccnc5ccsc45)CC3)on2)CC1)C1CCCCC1. The van der Waals surface area contributed by atoms with Gasteiger partial charge in [0.1, 0.15) is 30.5 Å². The predicted octanol–water partition coefficient (Wildman–Crippen LogP) is 5.27. The number of nitrogens with one attached hydrogen (secondary N) is 2. The molecule has 0 unspecified atom stereocenters. The molecule has 17 heteroatoms. The summed E-state index contributed by atoms with van der Waals surface area (Å²) in [6.07, 6.45) is 14.4. The Morgan fingerprint density at radius 2 is 1.67 bits per heavy atom. The number of likely N-dealkylation sites (N-methyl/N-ethyl adjacent to an activating group) is 1. The molecule has 6 heterocycles. The van der Waals surface area contributed by atoms with E-state index in [1.165, 1.54) is 0 Å². The predicted molar refractivity (Wildman–Crippen MR) is 252 cm³/mol. The normalized spacial score (nSPS) is 17.5. The van der Waals surface area contributed by atoms with Crippen molar-refractivity contribution in [1.29, 1.82) is 0 Å². The number of fused-ring (bicyclic) bond motifs is 2. The smallest absolute Gasteiger partial charge is 0.254 e. The summed E-state index contributed by atoms with van der Waals surface area (Å²) in [5.74, 6) is 4.13. The van der Waals surface area contributed by atoms with Crippen LogP contribution in [0.3, 0.4) is 0 Å². The van der Waals surface area contributed by atoms with Crippen LogP contribution in [0.4, 0.5) is 0 Å². The fourth-order valence-electron chi connectivity index (χ4n) is 9.37. The van der Waals surface area contributed by atoms with Gasteiger partial charge in [-0.1, -0.05) is 25.2 Å². The van der Waals surface area contributed by atoms with Crippen LogP contribution in [0.2, 0.25) is 0 Å². The Kier molecular flexibility index (Phi) is 16.2. The van der Waals surface area contributed by atoms with E-state index in [1.807, 2.05) is 48.0 Å². The number of aryl methyl sites for hydroxylation is 1. The molecule has 8 rings (SSSR count). The number of likely N-dealkylation sites (tertiary alicyclic amines) is 1. The average Bonchev–Trinajstić information content (AvgIpc) is 4.10. The van der Waals surface area contributed by atoms with Gasteiger partial charge in [0.15, 0.2) is 5.76 Å². The highest BCUT2D eigenvalue weighted by atomic mass is 32.1. The lowest BCUT2D eigenvalue weighted by molar-refractivity contribution is -0.139. The van der Waals surface area contributed by atoms with Crippen LogP contribution >= 0.6 is 11.3 Å². The highest BCUT2D eigenvalue weighted by Crippen LogP contribution is 2.32. The monoisotopic (exact) mass is 922 g/mol. The van der Waals surface area contributed by atoms with E-state index in [4.69, 9.17) is 29.9 Å². The van der Waals surface area contributed by atoms with Gasteiger partial charge in [-0.2, -0.15) is 0 Å². The van der Waals surface area contributed by atoms with Gasteiger partial charge in [0.25, 0.3) is 11.8 Å². The lowest BCUT2D eigenvalue weighted by Crippen LogP contribution is -2.59. The van der Waals surface area contributed by atoms with Crippen molar-refractivity contribution in [2.45, 2.75) is 83.1 Å². The van der Waals surface area contributed by atoms with Gasteiger partial charge in [-0.05, 0) is 92.5 Å². The summed E-state index contributed by atoms with van der Waals surface area (Å²) in [6, 6.07) is 12.3. The van der Waals surface area contributed by atoms with Crippen LogP contribution in [0.1, 0.15) is 66.8 Å². The van der Waals surface area contributed by atoms with Gasteiger partial charge in [-0.25, -0.2) is 0 Å². The van der Waals surface area contributed by atoms with Crippen molar-refractivity contribution in [2.75, 3.05) is 79.4 Å². The molecule has 5 aromatic rings. The van der Waals surface area contributed by atoms with E-state index in [0.717, 1.165) is 96.4 Å². The minimum Gasteiger partial charge on any atom is -0.489 e. The number of pyridine rings is 1. The van der Waals surface area contributed by atoms with Crippen LogP contribution in [0.5, 0.6) is 11.6 Å². The van der Waals surface area contributed by atoms with E-state index in [9.17, 15) is 14.4 Å². The Morgan fingerprint density at radius 1 is 0.909 bits per heavy atom. The molecule has 4 aromatic heterocycles. The fraction of sp³-hybridized carbons (Fsp3) is 0.531. The number of amides is 3. The maximum absolute atomic E-state index is 13.9. The third kappa shape index (κ3) is 11.7. The Bertz CT molecular complexity index is 2440. The van der Waals surface area contributed by atoms with E-state index >= 15 is 0 Å². The Morgan fingerprint density at radius 3 is 2.44 bits per heavy atom. The first-order valence-corrected chi connectivity index (χ1v) is 24.2. The van der Waals surface area contributed by atoms with Crippen LogP contribution in [-0.2, 0) is 32.2 Å². The van der Waals surface area contributed by atoms with Crippen LogP contribution in [-0.4, -0.2) is 145 Å². The molecular formula is C49H62N8O8S. The number of nitrogens with zero attached hydrogens (tertiary/aromatic N) is 6. The number of carbonyl (C=O) groups excluding carboxylic acids is 3. The van der Waals surface area contributed by atoms with Crippen LogP contribution in [0.25, 0.3) is 21.1 Å². The van der Waals surface area contributed by atoms with E-state index in [1.54, 1.807) is 28.2 Å². The molecule has 2 N–H and O–H groups in total. The van der Waals surface area contributed by atoms with Crippen molar-refractivity contribution < 1.29 is 37.9 Å². The maximum atomic E-state index is 13.9. The molecule has 3 amide bonds. The first-order chi connectivity index (χ1) is 32.3. The zero-order valence-corrected chi connectivity index (χ0v) is 38.9. The van der Waals surface area contributed by atoms with Gasteiger partial charge in [-0.3, -0.25) is 29.6 Å². The Balaban J connectivity index is 0.705. The number of aromatic nitrogens is 3. The number of thiophene rings is 1. The first kappa shape index (κ1) is 47.0.